The summed E-state index contributed by atoms with van der Waals surface area (Å²) in [5.74, 6) is -0.308. The highest BCUT2D eigenvalue weighted by Gasteiger charge is 2.43. The molecule has 1 aliphatic heterocycles. The molecule has 2 rings (SSSR count). The zero-order chi connectivity index (χ0) is 11.1. The second kappa shape index (κ2) is 2.97. The van der Waals surface area contributed by atoms with Crippen LogP contribution in [-0.2, 0) is 0 Å². The van der Waals surface area contributed by atoms with Crippen molar-refractivity contribution in [3.63, 3.8) is 0 Å². The van der Waals surface area contributed by atoms with Crippen LogP contribution in [0.3, 0.4) is 0 Å². The van der Waals surface area contributed by atoms with Gasteiger partial charge >= 0.3 is 6.29 Å². The Morgan fingerprint density at radius 3 is 2.53 bits per heavy atom. The van der Waals surface area contributed by atoms with Crippen molar-refractivity contribution in [3.8, 4) is 11.5 Å². The first-order valence-corrected chi connectivity index (χ1v) is 3.96. The smallest absolute Gasteiger partial charge is 0.395 e. The van der Waals surface area contributed by atoms with Crippen LogP contribution in [0.1, 0.15) is 0 Å². The number of alkyl halides is 2. The largest absolute Gasteiger partial charge is 0.586 e. The van der Waals surface area contributed by atoms with Crippen LogP contribution in [0.15, 0.2) is 23.2 Å². The number of nitrogens with two attached hydrogens (primary N) is 2. The van der Waals surface area contributed by atoms with Gasteiger partial charge in [-0.25, -0.2) is 4.99 Å². The molecule has 1 aliphatic rings. The highest BCUT2D eigenvalue weighted by Crippen LogP contribution is 2.42. The van der Waals surface area contributed by atoms with E-state index in [1.807, 2.05) is 0 Å². The Hall–Kier alpha value is -2.05. The second-order valence-electron chi connectivity index (χ2n) is 2.84. The Bertz CT molecular complexity index is 430. The van der Waals surface area contributed by atoms with E-state index in [1.54, 1.807) is 0 Å². The van der Waals surface area contributed by atoms with E-state index in [4.69, 9.17) is 11.5 Å². The lowest BCUT2D eigenvalue weighted by Crippen LogP contribution is -2.25. The molecule has 80 valence electrons. The van der Waals surface area contributed by atoms with E-state index >= 15 is 0 Å². The highest BCUT2D eigenvalue weighted by molar-refractivity contribution is 5.79. The van der Waals surface area contributed by atoms with Crippen LogP contribution in [0.2, 0.25) is 0 Å². The van der Waals surface area contributed by atoms with Crippen molar-refractivity contribution < 1.29 is 18.3 Å². The van der Waals surface area contributed by atoms with Gasteiger partial charge in [-0.3, -0.25) is 0 Å². The molecule has 0 bridgehead atoms. The molecule has 0 fully saturated rings. The van der Waals surface area contributed by atoms with Crippen molar-refractivity contribution in [1.29, 1.82) is 0 Å². The average molecular weight is 215 g/mol. The number of aliphatic imine (C=N–C) groups is 1. The van der Waals surface area contributed by atoms with Gasteiger partial charge in [0, 0.05) is 6.07 Å². The van der Waals surface area contributed by atoms with Gasteiger partial charge in [0.2, 0.25) is 0 Å². The summed E-state index contributed by atoms with van der Waals surface area (Å²) in [4.78, 5) is 3.68. The first-order valence-electron chi connectivity index (χ1n) is 3.96. The molecule has 0 unspecified atom stereocenters. The quantitative estimate of drug-likeness (QED) is 0.538. The molecular formula is C8H7F2N3O2. The van der Waals surface area contributed by atoms with E-state index in [0.29, 0.717) is 5.69 Å². The van der Waals surface area contributed by atoms with E-state index in [1.165, 1.54) is 18.2 Å². The van der Waals surface area contributed by atoms with Crippen LogP contribution in [-0.4, -0.2) is 12.3 Å². The fraction of sp³-hybridized carbons (Fsp3) is 0.125. The van der Waals surface area contributed by atoms with Crippen molar-refractivity contribution >= 4 is 11.6 Å². The molecule has 0 aliphatic carbocycles. The van der Waals surface area contributed by atoms with Crippen molar-refractivity contribution in [2.24, 2.45) is 16.5 Å². The molecule has 0 amide bonds. The number of fused-ring (bicyclic) bond motifs is 1. The van der Waals surface area contributed by atoms with Crippen LogP contribution >= 0.6 is 0 Å². The summed E-state index contributed by atoms with van der Waals surface area (Å²) in [6, 6.07) is 4.00. The van der Waals surface area contributed by atoms with Crippen molar-refractivity contribution in [3.05, 3.63) is 18.2 Å². The van der Waals surface area contributed by atoms with Crippen molar-refractivity contribution in [2.75, 3.05) is 0 Å². The Morgan fingerprint density at radius 1 is 1.20 bits per heavy atom. The lowest BCUT2D eigenvalue weighted by molar-refractivity contribution is -0.286. The molecule has 15 heavy (non-hydrogen) atoms. The zero-order valence-corrected chi connectivity index (χ0v) is 7.41. The minimum absolute atomic E-state index is 0.0467. The third-order valence-corrected chi connectivity index (χ3v) is 1.64. The van der Waals surface area contributed by atoms with Crippen LogP contribution in [0.4, 0.5) is 14.5 Å². The molecule has 0 radical (unpaired) electrons. The number of guanidine groups is 1. The molecule has 0 aromatic heterocycles. The molecule has 7 heteroatoms. The van der Waals surface area contributed by atoms with Crippen LogP contribution in [0, 0.1) is 0 Å². The number of rotatable bonds is 1. The fourth-order valence-electron chi connectivity index (χ4n) is 1.16. The number of benzene rings is 1. The van der Waals surface area contributed by atoms with Crippen molar-refractivity contribution in [1.82, 2.24) is 0 Å². The van der Waals surface area contributed by atoms with Gasteiger partial charge in [-0.15, -0.1) is 8.78 Å². The predicted molar refractivity (Wildman–Crippen MR) is 48.1 cm³/mol. The summed E-state index contributed by atoms with van der Waals surface area (Å²) < 4.78 is 33.6. The van der Waals surface area contributed by atoms with Gasteiger partial charge in [-0.05, 0) is 12.1 Å². The lowest BCUT2D eigenvalue weighted by atomic mass is 10.3. The fourth-order valence-corrected chi connectivity index (χ4v) is 1.16. The van der Waals surface area contributed by atoms with Crippen LogP contribution < -0.4 is 20.9 Å². The molecule has 4 N–H and O–H groups in total. The monoisotopic (exact) mass is 215 g/mol. The van der Waals surface area contributed by atoms with Crippen LogP contribution in [0.25, 0.3) is 0 Å². The maximum atomic E-state index is 12.6. The third kappa shape index (κ3) is 1.90. The second-order valence-corrected chi connectivity index (χ2v) is 2.84. The molecule has 1 aromatic carbocycles. The molecule has 5 nitrogen and oxygen atoms in total. The SMILES string of the molecule is NC(N)=Nc1ccc2c(c1)OC(F)(F)O2. The van der Waals surface area contributed by atoms with Crippen LogP contribution in [0.5, 0.6) is 11.5 Å². The van der Waals surface area contributed by atoms with Crippen molar-refractivity contribution in [2.45, 2.75) is 6.29 Å². The summed E-state index contributed by atoms with van der Waals surface area (Å²) in [5.41, 5.74) is 10.6. The Morgan fingerprint density at radius 2 is 1.87 bits per heavy atom. The maximum Gasteiger partial charge on any atom is 0.586 e. The van der Waals surface area contributed by atoms with Gasteiger partial charge in [0.15, 0.2) is 17.5 Å². The van der Waals surface area contributed by atoms with E-state index in [2.05, 4.69) is 14.5 Å². The van der Waals surface area contributed by atoms with E-state index in [-0.39, 0.29) is 17.5 Å². The van der Waals surface area contributed by atoms with Gasteiger partial charge < -0.3 is 20.9 Å². The zero-order valence-electron chi connectivity index (χ0n) is 7.41. The Labute approximate surface area is 83.3 Å². The maximum absolute atomic E-state index is 12.6. The summed E-state index contributed by atoms with van der Waals surface area (Å²) in [6.45, 7) is 0. The summed E-state index contributed by atoms with van der Waals surface area (Å²) >= 11 is 0. The number of hydrogen-bond donors (Lipinski definition) is 2. The molecule has 0 spiro atoms. The van der Waals surface area contributed by atoms with Gasteiger partial charge in [0.25, 0.3) is 0 Å². The summed E-state index contributed by atoms with van der Waals surface area (Å²) in [6.07, 6.45) is -3.63. The topological polar surface area (TPSA) is 82.9 Å². The van der Waals surface area contributed by atoms with Gasteiger partial charge in [0.1, 0.15) is 0 Å². The van der Waals surface area contributed by atoms with Gasteiger partial charge in [-0.1, -0.05) is 0 Å². The summed E-state index contributed by atoms with van der Waals surface area (Å²) in [5, 5.41) is 0. The summed E-state index contributed by atoms with van der Waals surface area (Å²) in [7, 11) is 0. The van der Waals surface area contributed by atoms with Gasteiger partial charge in [-0.2, -0.15) is 0 Å². The average Bonchev–Trinajstić information content (AvgIpc) is 2.36. The molecule has 0 atom stereocenters. The standard InChI is InChI=1S/C8H7F2N3O2/c9-8(10)14-5-2-1-4(13-7(11)12)3-6(5)15-8/h1-3H,(H4,11,12,13). The number of halogens is 2. The minimum Gasteiger partial charge on any atom is -0.395 e. The first-order chi connectivity index (χ1) is 6.96. The number of nitrogens with zero attached hydrogens (tertiary/aromatic N) is 1. The molecule has 0 saturated carbocycles. The Kier molecular flexibility index (Phi) is 1.88. The molecule has 1 aromatic rings. The third-order valence-electron chi connectivity index (χ3n) is 1.64. The Balaban J connectivity index is 2.34. The first kappa shape index (κ1) is 9.50. The minimum atomic E-state index is -3.63. The molecular weight excluding hydrogens is 208 g/mol. The van der Waals surface area contributed by atoms with E-state index < -0.39 is 6.29 Å². The normalized spacial score (nSPS) is 16.1. The van der Waals surface area contributed by atoms with Gasteiger partial charge in [0.05, 0.1) is 5.69 Å². The van der Waals surface area contributed by atoms with E-state index in [9.17, 15) is 8.78 Å². The molecule has 1 heterocycles. The lowest BCUT2D eigenvalue weighted by Gasteiger charge is -2.04. The number of hydrogen-bond acceptors (Lipinski definition) is 3. The highest BCUT2D eigenvalue weighted by atomic mass is 19.3. The predicted octanol–water partition coefficient (Wildman–Crippen LogP) is 0.913. The number of ether oxygens (including phenoxy) is 2. The molecule has 0 saturated heterocycles. The van der Waals surface area contributed by atoms with E-state index in [0.717, 1.165) is 0 Å².